The van der Waals surface area contributed by atoms with Gasteiger partial charge in [0.1, 0.15) is 0 Å². The predicted molar refractivity (Wildman–Crippen MR) is 97.6 cm³/mol. The van der Waals surface area contributed by atoms with Crippen molar-refractivity contribution in [3.63, 3.8) is 0 Å². The fourth-order valence-corrected chi connectivity index (χ4v) is 3.56. The number of halogens is 3. The van der Waals surface area contributed by atoms with E-state index >= 15 is 0 Å². The molecule has 4 rings (SSSR count). The molecule has 2 aromatic rings. The maximum Gasteiger partial charge on any atom is 0.490 e. The summed E-state index contributed by atoms with van der Waals surface area (Å²) in [6, 6.07) is 19.6. The van der Waals surface area contributed by atoms with Crippen LogP contribution in [0.4, 0.5) is 18.9 Å². The van der Waals surface area contributed by atoms with Gasteiger partial charge in [0.25, 0.3) is 0 Å². The Bertz CT molecular complexity index is 751. The Balaban J connectivity index is 0.000000260. The maximum absolute atomic E-state index is 10.6. The number of carboxylic acid groups (broad SMARTS) is 1. The van der Waals surface area contributed by atoms with Gasteiger partial charge in [0.05, 0.1) is 0 Å². The third-order valence-electron chi connectivity index (χ3n) is 4.97. The number of carbonyl (C=O) groups is 1. The van der Waals surface area contributed by atoms with Crippen LogP contribution in [0.2, 0.25) is 0 Å². The second-order valence-electron chi connectivity index (χ2n) is 6.80. The third-order valence-corrected chi connectivity index (χ3v) is 4.97. The summed E-state index contributed by atoms with van der Waals surface area (Å²) in [5.41, 5.74) is 3.97. The lowest BCUT2D eigenvalue weighted by Crippen LogP contribution is -2.25. The van der Waals surface area contributed by atoms with Crippen LogP contribution in [0.1, 0.15) is 0 Å². The molecule has 2 atom stereocenters. The Kier molecular flexibility index (Phi) is 5.70. The molecule has 2 heterocycles. The Morgan fingerprint density at radius 3 is 1.89 bits per heavy atom. The average Bonchev–Trinajstić information content (AvgIpc) is 3.24. The number of rotatable bonds is 2. The normalized spacial score (nSPS) is 21.4. The van der Waals surface area contributed by atoms with Crippen molar-refractivity contribution in [1.82, 2.24) is 5.32 Å². The maximum atomic E-state index is 10.6. The fourth-order valence-electron chi connectivity index (χ4n) is 3.56. The zero-order valence-corrected chi connectivity index (χ0v) is 14.6. The Hall–Kier alpha value is -2.54. The second kappa shape index (κ2) is 8.00. The van der Waals surface area contributed by atoms with Crippen LogP contribution in [-0.2, 0) is 4.79 Å². The molecule has 0 spiro atoms. The molecule has 0 aromatic heterocycles. The SMILES string of the molecule is O=C(O)C(F)(F)F.c1ccc(-c2ccc(N3CC4CNCC4C3)cc2)cc1. The molecular weight excluding hydrogens is 357 g/mol. The number of nitrogens with zero attached hydrogens (tertiary/aromatic N) is 1. The lowest BCUT2D eigenvalue weighted by Gasteiger charge is -2.20. The number of hydrogen-bond donors (Lipinski definition) is 2. The van der Waals surface area contributed by atoms with Crippen LogP contribution in [0.25, 0.3) is 11.1 Å². The van der Waals surface area contributed by atoms with Crippen molar-refractivity contribution < 1.29 is 23.1 Å². The summed E-state index contributed by atoms with van der Waals surface area (Å²) in [5.74, 6) is -1.06. The quantitative estimate of drug-likeness (QED) is 0.838. The first-order valence-corrected chi connectivity index (χ1v) is 8.76. The van der Waals surface area contributed by atoms with E-state index in [0.717, 1.165) is 11.8 Å². The van der Waals surface area contributed by atoms with Crippen molar-refractivity contribution in [2.75, 3.05) is 31.1 Å². The molecular formula is C20H21F3N2O2. The Labute approximate surface area is 155 Å². The van der Waals surface area contributed by atoms with Crippen LogP contribution in [0.15, 0.2) is 54.6 Å². The number of hydrogen-bond acceptors (Lipinski definition) is 3. The molecule has 144 valence electrons. The smallest absolute Gasteiger partial charge is 0.475 e. The van der Waals surface area contributed by atoms with Crippen molar-refractivity contribution in [2.45, 2.75) is 6.18 Å². The molecule has 7 heteroatoms. The minimum Gasteiger partial charge on any atom is -0.475 e. The van der Waals surface area contributed by atoms with Gasteiger partial charge in [-0.1, -0.05) is 42.5 Å². The minimum atomic E-state index is -5.08. The van der Waals surface area contributed by atoms with E-state index in [4.69, 9.17) is 9.90 Å². The summed E-state index contributed by atoms with van der Waals surface area (Å²) >= 11 is 0. The van der Waals surface area contributed by atoms with Crippen LogP contribution in [0.3, 0.4) is 0 Å². The molecule has 27 heavy (non-hydrogen) atoms. The van der Waals surface area contributed by atoms with E-state index in [1.165, 1.54) is 43.0 Å². The van der Waals surface area contributed by atoms with Crippen LogP contribution >= 0.6 is 0 Å². The van der Waals surface area contributed by atoms with Crippen LogP contribution < -0.4 is 10.2 Å². The van der Waals surface area contributed by atoms with E-state index in [1.807, 2.05) is 0 Å². The van der Waals surface area contributed by atoms with Crippen molar-refractivity contribution in [3.8, 4) is 11.1 Å². The standard InChI is InChI=1S/C18H20N2.C2HF3O2/c1-2-4-14(5-3-1)15-6-8-18(9-7-15)20-12-16-10-19-11-17(16)13-20;3-2(4,5)1(6)7/h1-9,16-17,19H,10-13H2;(H,6,7). The van der Waals surface area contributed by atoms with Gasteiger partial charge >= 0.3 is 12.1 Å². The molecule has 0 amide bonds. The average molecular weight is 378 g/mol. The third kappa shape index (κ3) is 4.80. The molecule has 0 radical (unpaired) electrons. The molecule has 2 N–H and O–H groups in total. The molecule has 2 unspecified atom stereocenters. The van der Waals surface area contributed by atoms with Gasteiger partial charge < -0.3 is 15.3 Å². The highest BCUT2D eigenvalue weighted by Crippen LogP contribution is 2.31. The first-order chi connectivity index (χ1) is 12.8. The van der Waals surface area contributed by atoms with E-state index in [1.54, 1.807) is 0 Å². The topological polar surface area (TPSA) is 52.6 Å². The number of fused-ring (bicyclic) bond motifs is 1. The molecule has 2 aliphatic rings. The number of aliphatic carboxylic acids is 1. The fraction of sp³-hybridized carbons (Fsp3) is 0.350. The van der Waals surface area contributed by atoms with Crippen molar-refractivity contribution >= 4 is 11.7 Å². The van der Waals surface area contributed by atoms with Gasteiger partial charge in [0, 0.05) is 31.9 Å². The lowest BCUT2D eigenvalue weighted by atomic mass is 10.0. The van der Waals surface area contributed by atoms with E-state index in [2.05, 4.69) is 64.8 Å². The van der Waals surface area contributed by atoms with Gasteiger partial charge in [-0.15, -0.1) is 0 Å². The molecule has 0 bridgehead atoms. The summed E-state index contributed by atoms with van der Waals surface area (Å²) < 4.78 is 31.7. The van der Waals surface area contributed by atoms with Gasteiger partial charge in [-0.2, -0.15) is 13.2 Å². The van der Waals surface area contributed by atoms with E-state index in [-0.39, 0.29) is 0 Å². The van der Waals surface area contributed by atoms with Gasteiger partial charge in [0.2, 0.25) is 0 Å². The first-order valence-electron chi connectivity index (χ1n) is 8.76. The largest absolute Gasteiger partial charge is 0.490 e. The Morgan fingerprint density at radius 1 is 0.926 bits per heavy atom. The van der Waals surface area contributed by atoms with Gasteiger partial charge in [0.15, 0.2) is 0 Å². The summed E-state index contributed by atoms with van der Waals surface area (Å²) in [7, 11) is 0. The molecule has 0 saturated carbocycles. The summed E-state index contributed by atoms with van der Waals surface area (Å²) in [4.78, 5) is 11.4. The monoisotopic (exact) mass is 378 g/mol. The summed E-state index contributed by atoms with van der Waals surface area (Å²) in [5, 5.41) is 10.6. The number of benzene rings is 2. The molecule has 2 fully saturated rings. The molecule has 4 nitrogen and oxygen atoms in total. The number of nitrogens with one attached hydrogen (secondary N) is 1. The minimum absolute atomic E-state index is 0.851. The van der Waals surface area contributed by atoms with E-state index in [9.17, 15) is 13.2 Å². The number of anilines is 1. The highest BCUT2D eigenvalue weighted by atomic mass is 19.4. The van der Waals surface area contributed by atoms with E-state index in [0.29, 0.717) is 0 Å². The lowest BCUT2D eigenvalue weighted by molar-refractivity contribution is -0.192. The first kappa shape index (κ1) is 19.2. The number of alkyl halides is 3. The van der Waals surface area contributed by atoms with Gasteiger partial charge in [-0.3, -0.25) is 0 Å². The predicted octanol–water partition coefficient (Wildman–Crippen LogP) is 3.64. The Morgan fingerprint density at radius 2 is 1.41 bits per heavy atom. The summed E-state index contributed by atoms with van der Waals surface area (Å²) in [6.07, 6.45) is -5.08. The van der Waals surface area contributed by atoms with Crippen LogP contribution in [0.5, 0.6) is 0 Å². The zero-order valence-electron chi connectivity index (χ0n) is 14.6. The highest BCUT2D eigenvalue weighted by molar-refractivity contribution is 5.73. The molecule has 2 aromatic carbocycles. The molecule has 2 saturated heterocycles. The highest BCUT2D eigenvalue weighted by Gasteiger charge is 2.38. The zero-order chi connectivity index (χ0) is 19.4. The summed E-state index contributed by atoms with van der Waals surface area (Å²) in [6.45, 7) is 4.82. The van der Waals surface area contributed by atoms with Gasteiger partial charge in [-0.05, 0) is 35.1 Å². The van der Waals surface area contributed by atoms with Crippen molar-refractivity contribution in [1.29, 1.82) is 0 Å². The van der Waals surface area contributed by atoms with Crippen molar-refractivity contribution in [2.24, 2.45) is 11.8 Å². The van der Waals surface area contributed by atoms with Gasteiger partial charge in [-0.25, -0.2) is 4.79 Å². The van der Waals surface area contributed by atoms with Crippen LogP contribution in [-0.4, -0.2) is 43.4 Å². The van der Waals surface area contributed by atoms with Crippen molar-refractivity contribution in [3.05, 3.63) is 54.6 Å². The van der Waals surface area contributed by atoms with E-state index < -0.39 is 12.1 Å². The number of carboxylic acids is 1. The molecule has 2 aliphatic heterocycles. The second-order valence-corrected chi connectivity index (χ2v) is 6.80. The molecule has 0 aliphatic carbocycles. The van der Waals surface area contributed by atoms with Crippen LogP contribution in [0, 0.1) is 11.8 Å².